The number of hydrogen-bond acceptors (Lipinski definition) is 5. The molecule has 0 saturated heterocycles. The average molecular weight is 387 g/mol. The second-order valence-electron chi connectivity index (χ2n) is 7.27. The molecule has 0 aliphatic heterocycles. The molecule has 3 aromatic heterocycles. The fraction of sp³-hybridized carbons (Fsp3) is 0.412. The van der Waals surface area contributed by atoms with E-state index in [1.165, 1.54) is 5.56 Å². The predicted octanol–water partition coefficient (Wildman–Crippen LogP) is 3.16. The largest absolute Gasteiger partial charge is 0.365 e. The van der Waals surface area contributed by atoms with Crippen LogP contribution in [-0.2, 0) is 18.3 Å². The van der Waals surface area contributed by atoms with Crippen molar-refractivity contribution in [2.75, 3.05) is 5.32 Å². The van der Waals surface area contributed by atoms with Gasteiger partial charge in [-0.05, 0) is 46.1 Å². The molecule has 7 heteroatoms. The first-order valence-electron chi connectivity index (χ1n) is 8.03. The first-order chi connectivity index (χ1) is 11.4. The maximum atomic E-state index is 4.70. The highest BCUT2D eigenvalue weighted by atomic mass is 79.9. The second kappa shape index (κ2) is 5.51. The van der Waals surface area contributed by atoms with Crippen LogP contribution in [0.4, 0.5) is 5.82 Å². The Morgan fingerprint density at radius 2 is 2.04 bits per heavy atom. The van der Waals surface area contributed by atoms with E-state index in [0.717, 1.165) is 40.3 Å². The predicted molar refractivity (Wildman–Crippen MR) is 96.2 cm³/mol. The van der Waals surface area contributed by atoms with E-state index in [-0.39, 0.29) is 5.41 Å². The first-order valence-corrected chi connectivity index (χ1v) is 8.82. The Bertz CT molecular complexity index is 911. The highest BCUT2D eigenvalue weighted by Crippen LogP contribution is 2.26. The molecular weight excluding hydrogens is 368 g/mol. The molecule has 0 aromatic carbocycles. The van der Waals surface area contributed by atoms with E-state index >= 15 is 0 Å². The van der Waals surface area contributed by atoms with Crippen LogP contribution in [0.15, 0.2) is 28.9 Å². The van der Waals surface area contributed by atoms with E-state index in [1.807, 2.05) is 22.8 Å². The lowest BCUT2D eigenvalue weighted by atomic mass is 9.96. The van der Waals surface area contributed by atoms with Gasteiger partial charge in [0.2, 0.25) is 0 Å². The number of halogens is 1. The summed E-state index contributed by atoms with van der Waals surface area (Å²) >= 11 is 3.49. The third-order valence-electron chi connectivity index (χ3n) is 4.22. The molecule has 0 fully saturated rings. The summed E-state index contributed by atoms with van der Waals surface area (Å²) in [5.41, 5.74) is 3.12. The molecule has 0 saturated carbocycles. The molecule has 4 rings (SSSR count). The summed E-state index contributed by atoms with van der Waals surface area (Å²) in [4.78, 5) is 4.51. The standard InChI is InChI=1S/C17H19BrN6/c1-17(2,3)16-22-21-15-5-4-14(23-24(15)16)20-12-7-10-6-11(18)9-19-13(10)8-12/h4-6,9,12H,7-8H2,1-3H3,(H,20,23). The zero-order valence-electron chi connectivity index (χ0n) is 13.9. The second-order valence-corrected chi connectivity index (χ2v) is 8.19. The Kier molecular flexibility index (Phi) is 3.56. The Labute approximate surface area is 148 Å². The van der Waals surface area contributed by atoms with E-state index in [9.17, 15) is 0 Å². The Morgan fingerprint density at radius 3 is 2.83 bits per heavy atom. The summed E-state index contributed by atoms with van der Waals surface area (Å²) in [5.74, 6) is 1.70. The monoisotopic (exact) mass is 386 g/mol. The SMILES string of the molecule is CC(C)(C)c1nnc2ccc(NC3Cc4cc(Br)cnc4C3)nn12. The number of pyridine rings is 1. The quantitative estimate of drug-likeness (QED) is 0.732. The Hall–Kier alpha value is -2.02. The van der Waals surface area contributed by atoms with E-state index in [1.54, 1.807) is 0 Å². The van der Waals surface area contributed by atoms with Crippen molar-refractivity contribution in [1.82, 2.24) is 24.8 Å². The molecule has 1 N–H and O–H groups in total. The summed E-state index contributed by atoms with van der Waals surface area (Å²) in [7, 11) is 0. The summed E-state index contributed by atoms with van der Waals surface area (Å²) in [6.07, 6.45) is 3.73. The van der Waals surface area contributed by atoms with E-state index in [4.69, 9.17) is 5.10 Å². The molecule has 6 nitrogen and oxygen atoms in total. The fourth-order valence-corrected chi connectivity index (χ4v) is 3.46. The molecule has 0 bridgehead atoms. The van der Waals surface area contributed by atoms with Crippen molar-refractivity contribution in [3.05, 3.63) is 46.0 Å². The van der Waals surface area contributed by atoms with Gasteiger partial charge in [-0.3, -0.25) is 4.98 Å². The molecule has 1 aliphatic carbocycles. The molecule has 0 radical (unpaired) electrons. The van der Waals surface area contributed by atoms with Crippen LogP contribution < -0.4 is 5.32 Å². The van der Waals surface area contributed by atoms with E-state index in [2.05, 4.69) is 63.3 Å². The first kappa shape index (κ1) is 15.5. The van der Waals surface area contributed by atoms with Crippen LogP contribution >= 0.6 is 15.9 Å². The molecular formula is C17H19BrN6. The summed E-state index contributed by atoms with van der Waals surface area (Å²) in [6, 6.07) is 6.37. The smallest absolute Gasteiger partial charge is 0.178 e. The van der Waals surface area contributed by atoms with Crippen LogP contribution in [0, 0.1) is 0 Å². The molecule has 1 aliphatic rings. The minimum absolute atomic E-state index is 0.106. The number of rotatable bonds is 2. The number of nitrogens with zero attached hydrogens (tertiary/aromatic N) is 5. The van der Waals surface area contributed by atoms with Gasteiger partial charge >= 0.3 is 0 Å². The third kappa shape index (κ3) is 2.77. The molecule has 124 valence electrons. The van der Waals surface area contributed by atoms with Gasteiger partial charge in [0.1, 0.15) is 5.82 Å². The van der Waals surface area contributed by atoms with Gasteiger partial charge in [0.25, 0.3) is 0 Å². The highest BCUT2D eigenvalue weighted by molar-refractivity contribution is 9.10. The maximum absolute atomic E-state index is 4.70. The molecule has 3 aromatic rings. The van der Waals surface area contributed by atoms with Crippen molar-refractivity contribution >= 4 is 27.4 Å². The average Bonchev–Trinajstić information content (AvgIpc) is 3.09. The molecule has 0 amide bonds. The molecule has 1 atom stereocenters. The molecule has 24 heavy (non-hydrogen) atoms. The van der Waals surface area contributed by atoms with Crippen molar-refractivity contribution in [2.45, 2.75) is 45.1 Å². The molecule has 3 heterocycles. The number of aromatic nitrogens is 5. The fourth-order valence-electron chi connectivity index (χ4n) is 3.09. The summed E-state index contributed by atoms with van der Waals surface area (Å²) in [6.45, 7) is 6.34. The van der Waals surface area contributed by atoms with Gasteiger partial charge in [-0.15, -0.1) is 15.3 Å². The van der Waals surface area contributed by atoms with Crippen LogP contribution in [0.2, 0.25) is 0 Å². The van der Waals surface area contributed by atoms with Gasteiger partial charge in [0, 0.05) is 34.2 Å². The maximum Gasteiger partial charge on any atom is 0.178 e. The van der Waals surface area contributed by atoms with Crippen LogP contribution in [0.3, 0.4) is 0 Å². The van der Waals surface area contributed by atoms with Gasteiger partial charge in [-0.2, -0.15) is 4.52 Å². The van der Waals surface area contributed by atoms with E-state index in [0.29, 0.717) is 6.04 Å². The van der Waals surface area contributed by atoms with Crippen molar-refractivity contribution in [3.8, 4) is 0 Å². The topological polar surface area (TPSA) is 68.0 Å². The third-order valence-corrected chi connectivity index (χ3v) is 4.65. The summed E-state index contributed by atoms with van der Waals surface area (Å²) in [5, 5.41) is 16.7. The Morgan fingerprint density at radius 1 is 1.21 bits per heavy atom. The van der Waals surface area contributed by atoms with E-state index < -0.39 is 0 Å². The lowest BCUT2D eigenvalue weighted by molar-refractivity contribution is 0.527. The van der Waals surface area contributed by atoms with Gasteiger partial charge in [-0.1, -0.05) is 20.8 Å². The number of hydrogen-bond donors (Lipinski definition) is 1. The van der Waals surface area contributed by atoms with Gasteiger partial charge in [0.05, 0.1) is 0 Å². The minimum atomic E-state index is -0.106. The van der Waals surface area contributed by atoms with Crippen LogP contribution in [0.5, 0.6) is 0 Å². The molecule has 0 spiro atoms. The van der Waals surface area contributed by atoms with Crippen LogP contribution in [0.1, 0.15) is 37.9 Å². The minimum Gasteiger partial charge on any atom is -0.365 e. The Balaban J connectivity index is 1.60. The van der Waals surface area contributed by atoms with Gasteiger partial charge in [-0.25, -0.2) is 0 Å². The lowest BCUT2D eigenvalue weighted by Gasteiger charge is -2.16. The zero-order chi connectivity index (χ0) is 16.9. The summed E-state index contributed by atoms with van der Waals surface area (Å²) < 4.78 is 2.86. The van der Waals surface area contributed by atoms with Crippen molar-refractivity contribution in [3.63, 3.8) is 0 Å². The van der Waals surface area contributed by atoms with Gasteiger partial charge < -0.3 is 5.32 Å². The van der Waals surface area contributed by atoms with Crippen LogP contribution in [-0.4, -0.2) is 30.8 Å². The zero-order valence-corrected chi connectivity index (χ0v) is 15.5. The van der Waals surface area contributed by atoms with Crippen molar-refractivity contribution in [1.29, 1.82) is 0 Å². The van der Waals surface area contributed by atoms with Crippen molar-refractivity contribution < 1.29 is 0 Å². The molecule has 1 unspecified atom stereocenters. The number of fused-ring (bicyclic) bond motifs is 2. The van der Waals surface area contributed by atoms with Crippen LogP contribution in [0.25, 0.3) is 5.65 Å². The highest BCUT2D eigenvalue weighted by Gasteiger charge is 2.24. The lowest BCUT2D eigenvalue weighted by Crippen LogP contribution is -2.22. The van der Waals surface area contributed by atoms with Crippen molar-refractivity contribution in [2.24, 2.45) is 0 Å². The number of nitrogens with one attached hydrogen (secondary N) is 1. The number of anilines is 1. The normalized spacial score (nSPS) is 17.2. The van der Waals surface area contributed by atoms with Gasteiger partial charge in [0.15, 0.2) is 11.5 Å².